The van der Waals surface area contributed by atoms with E-state index in [2.05, 4.69) is 5.32 Å². The Balaban J connectivity index is 1.37. The topological polar surface area (TPSA) is 198 Å². The summed E-state index contributed by atoms with van der Waals surface area (Å²) < 4.78 is 25.6. The molecule has 3 aliphatic carbocycles. The van der Waals surface area contributed by atoms with E-state index in [1.54, 1.807) is 93.6 Å². The lowest BCUT2D eigenvalue weighted by atomic mass is 9.44. The first kappa shape index (κ1) is 46.4. The molecule has 4 aliphatic rings. The van der Waals surface area contributed by atoms with Crippen molar-refractivity contribution in [3.05, 3.63) is 119 Å². The number of hydrogen-bond acceptors (Lipinski definition) is 12. The average molecular weight is 884 g/mol. The summed E-state index contributed by atoms with van der Waals surface area (Å²) in [6.45, 7) is 12.0. The second-order valence-corrected chi connectivity index (χ2v) is 23.3. The van der Waals surface area contributed by atoms with Crippen molar-refractivity contribution >= 4 is 31.9 Å². The maximum absolute atomic E-state index is 15.2. The van der Waals surface area contributed by atoms with Gasteiger partial charge in [-0.15, -0.1) is 0 Å². The maximum atomic E-state index is 15.2. The number of nitrogens with one attached hydrogen (secondary N) is 1. The van der Waals surface area contributed by atoms with Crippen molar-refractivity contribution in [3.8, 4) is 0 Å². The van der Waals surface area contributed by atoms with Crippen LogP contribution in [0.4, 0.5) is 0 Å². The molecule has 3 fully saturated rings. The van der Waals surface area contributed by atoms with Gasteiger partial charge in [0, 0.05) is 29.7 Å². The predicted molar refractivity (Wildman–Crippen MR) is 235 cm³/mol. The number of Topliss-reactive ketones (excluding diaryl/α,β-unsaturated/α-hetero) is 1. The van der Waals surface area contributed by atoms with Crippen LogP contribution in [0.3, 0.4) is 0 Å². The fourth-order valence-electron chi connectivity index (χ4n) is 10.9. The van der Waals surface area contributed by atoms with Crippen molar-refractivity contribution < 1.29 is 58.2 Å². The molecule has 2 bridgehead atoms. The summed E-state index contributed by atoms with van der Waals surface area (Å²) >= 11 is 0. The van der Waals surface area contributed by atoms with Crippen LogP contribution in [0.2, 0.25) is 18.1 Å². The zero-order valence-electron chi connectivity index (χ0n) is 37.1. The molecule has 1 aliphatic heterocycles. The van der Waals surface area contributed by atoms with Gasteiger partial charge in [0.1, 0.15) is 29.5 Å². The number of esters is 2. The average Bonchev–Trinajstić information content (AvgIpc) is 3.28. The lowest BCUT2D eigenvalue weighted by molar-refractivity contribution is -0.343. The van der Waals surface area contributed by atoms with Crippen LogP contribution >= 0.6 is 0 Å². The Labute approximate surface area is 369 Å². The van der Waals surface area contributed by atoms with Crippen LogP contribution in [-0.2, 0) is 28.2 Å². The van der Waals surface area contributed by atoms with Crippen molar-refractivity contribution in [1.82, 2.24) is 5.32 Å². The van der Waals surface area contributed by atoms with Gasteiger partial charge in [0.2, 0.25) is 0 Å². The number of benzene rings is 3. The largest absolute Gasteiger partial charge is 0.456 e. The van der Waals surface area contributed by atoms with E-state index in [-0.39, 0.29) is 29.7 Å². The van der Waals surface area contributed by atoms with Gasteiger partial charge in [0.25, 0.3) is 5.91 Å². The summed E-state index contributed by atoms with van der Waals surface area (Å²) in [6, 6.07) is 26.5. The Morgan fingerprint density at radius 3 is 1.94 bits per heavy atom. The minimum absolute atomic E-state index is 0.0273. The fourth-order valence-corrected chi connectivity index (χ4v) is 13.7. The normalized spacial score (nSPS) is 32.1. The van der Waals surface area contributed by atoms with Crippen LogP contribution in [0.1, 0.15) is 93.6 Å². The summed E-state index contributed by atoms with van der Waals surface area (Å²) in [7, 11) is -2.68. The molecule has 7 rings (SSSR count). The zero-order valence-corrected chi connectivity index (χ0v) is 38.1. The van der Waals surface area contributed by atoms with E-state index < -0.39 is 109 Å². The number of ether oxygens (including phenoxy) is 3. The number of carbonyl (C=O) groups excluding carboxylic acids is 4. The van der Waals surface area contributed by atoms with Crippen LogP contribution in [0.25, 0.3) is 0 Å². The number of hydrogen-bond donors (Lipinski definition) is 5. The van der Waals surface area contributed by atoms with Crippen LogP contribution in [-0.4, -0.2) is 107 Å². The summed E-state index contributed by atoms with van der Waals surface area (Å²) in [5.74, 6) is -4.53. The third-order valence-corrected chi connectivity index (χ3v) is 19.8. The van der Waals surface area contributed by atoms with Gasteiger partial charge < -0.3 is 44.4 Å². The molecule has 338 valence electrons. The number of ketones is 1. The smallest absolute Gasteiger partial charge is 0.338 e. The highest BCUT2D eigenvalue weighted by molar-refractivity contribution is 6.73. The lowest BCUT2D eigenvalue weighted by Crippen LogP contribution is -2.81. The van der Waals surface area contributed by atoms with E-state index in [1.807, 2.05) is 26.8 Å². The molecule has 1 heterocycles. The van der Waals surface area contributed by atoms with Gasteiger partial charge in [-0.2, -0.15) is 0 Å². The second-order valence-electron chi connectivity index (χ2n) is 18.5. The Morgan fingerprint density at radius 2 is 1.40 bits per heavy atom. The van der Waals surface area contributed by atoms with Crippen molar-refractivity contribution in [1.29, 1.82) is 0 Å². The fraction of sp³-hybridized carbons (Fsp3) is 0.510. The van der Waals surface area contributed by atoms with Crippen molar-refractivity contribution in [2.75, 3.05) is 6.61 Å². The summed E-state index contributed by atoms with van der Waals surface area (Å²) in [5.41, 5.74) is -6.31. The first-order chi connectivity index (χ1) is 29.8. The number of aliphatic hydroxyl groups is 4. The second kappa shape index (κ2) is 17.4. The van der Waals surface area contributed by atoms with Gasteiger partial charge in [-0.1, -0.05) is 101 Å². The van der Waals surface area contributed by atoms with Gasteiger partial charge in [0.15, 0.2) is 20.2 Å². The number of rotatable bonds is 13. The van der Waals surface area contributed by atoms with Gasteiger partial charge >= 0.3 is 11.9 Å². The van der Waals surface area contributed by atoms with Gasteiger partial charge in [-0.05, 0) is 73.0 Å². The van der Waals surface area contributed by atoms with Gasteiger partial charge in [-0.3, -0.25) is 9.59 Å². The summed E-state index contributed by atoms with van der Waals surface area (Å²) in [4.78, 5) is 58.4. The SMILES string of the molecule is CC[Si](CC)(CC)O[C@@H](C(=O)OC1CC2(O)C(OC(=O)c3ccccc3)C3C4(O)COC4CC(O)C3(C)C(=O)C(O)C(=C1C)C2(C)C)C(NC(=O)c1ccccc1)c1ccccc1. The molecule has 14 heteroatoms. The molecule has 63 heavy (non-hydrogen) atoms. The summed E-state index contributed by atoms with van der Waals surface area (Å²) in [5, 5.41) is 53.3. The molecular weight excluding hydrogens is 823 g/mol. The first-order valence-electron chi connectivity index (χ1n) is 22.1. The first-order valence-corrected chi connectivity index (χ1v) is 24.6. The monoisotopic (exact) mass is 883 g/mol. The molecular formula is C49H61NO12Si. The standard InChI is InChI=1S/C49H61NO12Si/c1-8-63(9-2,10-3)62-39(37(30-20-14-11-15-21-30)50-43(54)31-22-16-12-17-23-31)45(56)60-33-27-49(58)42(61-44(55)32-24-18-13-19-25-32)40-47(7,34(51)26-35-48(40,57)28-59-35)41(53)38(52)36(29(33)4)46(49,5)6/h11-25,33-35,37-40,42,51-52,57-58H,8-10,26-28H2,1-7H3,(H,50,54)/t33?,34?,35?,37?,38?,39-,40?,42?,47?,48?,49?/m1/s1. The van der Waals surface area contributed by atoms with Gasteiger partial charge in [-0.25, -0.2) is 9.59 Å². The predicted octanol–water partition coefficient (Wildman–Crippen LogP) is 5.62. The Kier molecular flexibility index (Phi) is 12.9. The van der Waals surface area contributed by atoms with Crippen molar-refractivity contribution in [2.45, 2.75) is 133 Å². The minimum Gasteiger partial charge on any atom is -0.456 e. The Bertz CT molecular complexity index is 2210. The molecule has 11 atom stereocenters. The minimum atomic E-state index is -2.68. The Hall–Kier alpha value is -4.54. The van der Waals surface area contributed by atoms with Crippen LogP contribution in [0, 0.1) is 16.7 Å². The van der Waals surface area contributed by atoms with E-state index in [0.29, 0.717) is 29.3 Å². The highest BCUT2D eigenvalue weighted by Crippen LogP contribution is 2.63. The molecule has 3 aromatic carbocycles. The quantitative estimate of drug-likeness (QED) is 0.0808. The van der Waals surface area contributed by atoms with Crippen LogP contribution in [0.15, 0.2) is 102 Å². The number of amides is 1. The van der Waals surface area contributed by atoms with E-state index in [9.17, 15) is 34.8 Å². The van der Waals surface area contributed by atoms with E-state index in [0.717, 1.165) is 0 Å². The molecule has 0 spiro atoms. The number of carbonyl (C=O) groups is 4. The molecule has 10 unspecified atom stereocenters. The molecule has 2 saturated carbocycles. The lowest BCUT2D eigenvalue weighted by Gasteiger charge is -2.66. The van der Waals surface area contributed by atoms with E-state index >= 15 is 4.79 Å². The van der Waals surface area contributed by atoms with Gasteiger partial charge in [0.05, 0.1) is 35.8 Å². The third kappa shape index (κ3) is 7.70. The maximum Gasteiger partial charge on any atom is 0.338 e. The number of fused-ring (bicyclic) bond motifs is 5. The molecule has 13 nitrogen and oxygen atoms in total. The van der Waals surface area contributed by atoms with Crippen molar-refractivity contribution in [3.63, 3.8) is 0 Å². The molecule has 0 aromatic heterocycles. The van der Waals surface area contributed by atoms with Crippen LogP contribution in [0.5, 0.6) is 0 Å². The van der Waals surface area contributed by atoms with Crippen LogP contribution < -0.4 is 5.32 Å². The Morgan fingerprint density at radius 1 is 0.841 bits per heavy atom. The highest BCUT2D eigenvalue weighted by atomic mass is 28.4. The molecule has 5 N–H and O–H groups in total. The molecule has 3 aromatic rings. The highest BCUT2D eigenvalue weighted by Gasteiger charge is 2.76. The third-order valence-electron chi connectivity index (χ3n) is 15.2. The zero-order chi connectivity index (χ0) is 45.7. The molecule has 1 saturated heterocycles. The number of aliphatic hydroxyl groups excluding tert-OH is 2. The van der Waals surface area contributed by atoms with E-state index in [4.69, 9.17) is 18.6 Å². The van der Waals surface area contributed by atoms with E-state index in [1.165, 1.54) is 19.1 Å². The summed E-state index contributed by atoms with van der Waals surface area (Å²) in [6.07, 6.45) is -9.45. The molecule has 1 amide bonds. The van der Waals surface area contributed by atoms with Crippen molar-refractivity contribution in [2.24, 2.45) is 16.7 Å². The molecule has 0 radical (unpaired) electrons.